The van der Waals surface area contributed by atoms with Gasteiger partial charge in [0.15, 0.2) is 11.8 Å². The van der Waals surface area contributed by atoms with E-state index >= 15 is 0 Å². The first-order valence-corrected chi connectivity index (χ1v) is 11.7. The zero-order valence-electron chi connectivity index (χ0n) is 19.0. The number of aromatic amines is 1. The van der Waals surface area contributed by atoms with Crippen LogP contribution in [-0.2, 0) is 19.1 Å². The lowest BCUT2D eigenvalue weighted by molar-refractivity contribution is -0.130. The summed E-state index contributed by atoms with van der Waals surface area (Å²) in [6.45, 7) is 7.53. The van der Waals surface area contributed by atoms with Crippen molar-refractivity contribution in [3.8, 4) is 11.9 Å². The van der Waals surface area contributed by atoms with Gasteiger partial charge >= 0.3 is 0 Å². The number of nitrogens with zero attached hydrogens (tertiary/aromatic N) is 3. The number of nitrogens with one attached hydrogen (secondary N) is 1. The molecule has 4 atom stereocenters. The van der Waals surface area contributed by atoms with Gasteiger partial charge in [-0.1, -0.05) is 25.4 Å². The fraction of sp³-hybridized carbons (Fsp3) is 0.636. The number of likely N-dealkylation sites (tertiary alicyclic amines) is 1. The van der Waals surface area contributed by atoms with Crippen LogP contribution >= 0.6 is 11.6 Å². The van der Waals surface area contributed by atoms with E-state index in [1.807, 2.05) is 13.8 Å². The number of H-pyrrole nitrogens is 1. The van der Waals surface area contributed by atoms with Crippen molar-refractivity contribution >= 4 is 35.0 Å². The van der Waals surface area contributed by atoms with Gasteiger partial charge in [0.25, 0.3) is 6.01 Å². The molecule has 0 bridgehead atoms. The molecule has 1 amide bonds. The number of carbonyl (C=O) groups excluding carboxylic acids is 2. The van der Waals surface area contributed by atoms with Crippen LogP contribution in [0.5, 0.6) is 11.9 Å². The molecule has 0 aliphatic carbocycles. The lowest BCUT2D eigenvalue weighted by Gasteiger charge is -2.31. The number of ether oxygens (including phenoxy) is 4. The van der Waals surface area contributed by atoms with E-state index in [1.54, 1.807) is 17.9 Å². The molecule has 0 saturated carbocycles. The minimum atomic E-state index is -0.367. The number of hydrogen-bond acceptors (Lipinski definition) is 8. The molecule has 2 aromatic rings. The van der Waals surface area contributed by atoms with Gasteiger partial charge < -0.3 is 33.6 Å². The smallest absolute Gasteiger partial charge is 0.296 e. The molecule has 0 spiro atoms. The summed E-state index contributed by atoms with van der Waals surface area (Å²) in [5.74, 6) is 0.117. The Labute approximate surface area is 196 Å². The van der Waals surface area contributed by atoms with Crippen molar-refractivity contribution in [2.24, 2.45) is 5.92 Å². The number of aromatic nitrogens is 3. The lowest BCUT2D eigenvalue weighted by Crippen LogP contribution is -2.40. The van der Waals surface area contributed by atoms with Crippen molar-refractivity contribution in [1.29, 1.82) is 0 Å². The summed E-state index contributed by atoms with van der Waals surface area (Å²) >= 11 is 6.37. The molecule has 33 heavy (non-hydrogen) atoms. The van der Waals surface area contributed by atoms with Crippen LogP contribution in [0.1, 0.15) is 33.6 Å². The van der Waals surface area contributed by atoms with Gasteiger partial charge in [0.1, 0.15) is 23.5 Å². The first-order valence-electron chi connectivity index (χ1n) is 11.4. The van der Waals surface area contributed by atoms with Crippen LogP contribution in [0.25, 0.3) is 11.2 Å². The van der Waals surface area contributed by atoms with Crippen molar-refractivity contribution in [2.75, 3.05) is 26.3 Å². The molecule has 1 N–H and O–H groups in total. The zero-order valence-corrected chi connectivity index (χ0v) is 19.7. The Bertz CT molecular complexity index is 993. The van der Waals surface area contributed by atoms with Crippen molar-refractivity contribution in [1.82, 2.24) is 19.9 Å². The maximum absolute atomic E-state index is 11.5. The molecule has 2 unspecified atom stereocenters. The summed E-state index contributed by atoms with van der Waals surface area (Å²) in [5, 5.41) is 0.369. The molecule has 0 aromatic carbocycles. The van der Waals surface area contributed by atoms with Crippen LogP contribution in [0.3, 0.4) is 0 Å². The van der Waals surface area contributed by atoms with E-state index < -0.39 is 0 Å². The van der Waals surface area contributed by atoms with Crippen LogP contribution in [-0.4, -0.2) is 82.8 Å². The second-order valence-corrected chi connectivity index (χ2v) is 8.47. The molecule has 5 heterocycles. The Hall–Kier alpha value is -2.43. The molecule has 5 rings (SSSR count). The highest BCUT2D eigenvalue weighted by molar-refractivity contribution is 6.32. The number of amides is 1. The quantitative estimate of drug-likeness (QED) is 0.648. The normalized spacial score (nSPS) is 27.1. The van der Waals surface area contributed by atoms with Gasteiger partial charge in [-0.3, -0.25) is 4.79 Å². The van der Waals surface area contributed by atoms with Crippen LogP contribution in [0.4, 0.5) is 0 Å². The number of halogens is 1. The van der Waals surface area contributed by atoms with Crippen molar-refractivity contribution in [2.45, 2.75) is 58.0 Å². The monoisotopic (exact) mass is 480 g/mol. The topological polar surface area (TPSA) is 116 Å². The zero-order chi connectivity index (χ0) is 23.5. The number of hydrogen-bond donors (Lipinski definition) is 1. The Morgan fingerprint density at radius 1 is 1.18 bits per heavy atom. The fourth-order valence-electron chi connectivity index (χ4n) is 4.32. The predicted octanol–water partition coefficient (Wildman–Crippen LogP) is 2.39. The number of rotatable bonds is 5. The van der Waals surface area contributed by atoms with Crippen molar-refractivity contribution in [3.05, 3.63) is 11.1 Å². The Balaban J connectivity index is 0.00000126. The molecule has 180 valence electrons. The highest BCUT2D eigenvalue weighted by Gasteiger charge is 2.49. The van der Waals surface area contributed by atoms with Gasteiger partial charge in [-0.2, -0.15) is 9.97 Å². The minimum Gasteiger partial charge on any atom is -0.473 e. The molecule has 0 radical (unpaired) electrons. The largest absolute Gasteiger partial charge is 0.473 e. The second kappa shape index (κ2) is 10.2. The van der Waals surface area contributed by atoms with Gasteiger partial charge in [0, 0.05) is 32.9 Å². The average Bonchev–Trinajstić information content (AvgIpc) is 3.51. The SMILES string of the molecule is CC.CC(=O)N1CCC(Oc2nc3nc(OC4CO[C@@H]5C(C=O)CO[C@H]45)[nH]c3cc2Cl)CC1. The molecular weight excluding hydrogens is 452 g/mol. The van der Waals surface area contributed by atoms with Gasteiger partial charge in [0.05, 0.1) is 30.8 Å². The van der Waals surface area contributed by atoms with Crippen LogP contribution in [0.2, 0.25) is 5.02 Å². The van der Waals surface area contributed by atoms with Crippen LogP contribution in [0.15, 0.2) is 6.07 Å². The molecular formula is C22H29ClN4O6. The lowest BCUT2D eigenvalue weighted by atomic mass is 10.0. The number of carbonyl (C=O) groups is 2. The number of imidazole rings is 1. The third kappa shape index (κ3) is 4.92. The van der Waals surface area contributed by atoms with E-state index in [0.29, 0.717) is 48.4 Å². The first kappa shape index (κ1) is 23.7. The fourth-order valence-corrected chi connectivity index (χ4v) is 4.51. The summed E-state index contributed by atoms with van der Waals surface area (Å²) in [7, 11) is 0. The number of pyridine rings is 1. The maximum Gasteiger partial charge on any atom is 0.296 e. The van der Waals surface area contributed by atoms with Gasteiger partial charge in [-0.05, 0) is 6.07 Å². The predicted molar refractivity (Wildman–Crippen MR) is 120 cm³/mol. The van der Waals surface area contributed by atoms with E-state index in [2.05, 4.69) is 15.0 Å². The van der Waals surface area contributed by atoms with Crippen LogP contribution in [0, 0.1) is 5.92 Å². The molecule has 11 heteroatoms. The maximum atomic E-state index is 11.5. The molecule has 3 fully saturated rings. The highest BCUT2D eigenvalue weighted by Crippen LogP contribution is 2.33. The summed E-state index contributed by atoms with van der Waals surface area (Å²) < 4.78 is 23.3. The van der Waals surface area contributed by atoms with E-state index in [1.165, 1.54) is 0 Å². The van der Waals surface area contributed by atoms with E-state index in [-0.39, 0.29) is 42.3 Å². The van der Waals surface area contributed by atoms with Crippen molar-refractivity contribution < 1.29 is 28.5 Å². The first-order chi connectivity index (χ1) is 16.0. The second-order valence-electron chi connectivity index (χ2n) is 8.06. The summed E-state index contributed by atoms with van der Waals surface area (Å²) in [4.78, 5) is 36.3. The Morgan fingerprint density at radius 3 is 2.61 bits per heavy atom. The number of aldehydes is 1. The third-order valence-electron chi connectivity index (χ3n) is 6.02. The van der Waals surface area contributed by atoms with Gasteiger partial charge in [-0.15, -0.1) is 0 Å². The summed E-state index contributed by atoms with van der Waals surface area (Å²) in [6, 6.07) is 1.98. The Morgan fingerprint density at radius 2 is 1.91 bits per heavy atom. The Kier molecular flexibility index (Phi) is 7.35. The van der Waals surface area contributed by atoms with E-state index in [0.717, 1.165) is 19.1 Å². The average molecular weight is 481 g/mol. The van der Waals surface area contributed by atoms with E-state index in [9.17, 15) is 9.59 Å². The van der Waals surface area contributed by atoms with Gasteiger partial charge in [0.2, 0.25) is 11.8 Å². The molecule has 10 nitrogen and oxygen atoms in total. The molecule has 3 aliphatic rings. The van der Waals surface area contributed by atoms with Crippen molar-refractivity contribution in [3.63, 3.8) is 0 Å². The standard InChI is InChI=1S/C20H23ClN4O6.C2H6/c1-10(27)25-4-2-12(3-5-25)30-19-13(21)6-14-18(23-19)24-20(22-14)31-15-9-29-16-11(7-26)8-28-17(15)16;1-2/h6-7,11-12,15-17H,2-5,8-9H2,1H3,(H,22,23,24);1-2H3/t11?,15?,16-,17-;/m1./s1. The summed E-state index contributed by atoms with van der Waals surface area (Å²) in [6.07, 6.45) is 1.28. The van der Waals surface area contributed by atoms with E-state index in [4.69, 9.17) is 30.5 Å². The summed E-state index contributed by atoms with van der Waals surface area (Å²) in [5.41, 5.74) is 1.04. The molecule has 2 aromatic heterocycles. The highest BCUT2D eigenvalue weighted by atomic mass is 35.5. The third-order valence-corrected chi connectivity index (χ3v) is 6.29. The van der Waals surface area contributed by atoms with Gasteiger partial charge in [-0.25, -0.2) is 0 Å². The molecule has 3 saturated heterocycles. The molecule has 3 aliphatic heterocycles. The van der Waals surface area contributed by atoms with Crippen LogP contribution < -0.4 is 9.47 Å². The number of fused-ring (bicyclic) bond motifs is 2. The number of piperidine rings is 1. The minimum absolute atomic E-state index is 0.0643.